The molecule has 1 aromatic rings. The fraction of sp³-hybridized carbons (Fsp3) is 0.647. The number of nitrogens with one attached hydrogen (secondary N) is 1. The van der Waals surface area contributed by atoms with Gasteiger partial charge in [-0.3, -0.25) is 0 Å². The summed E-state index contributed by atoms with van der Waals surface area (Å²) in [5, 5.41) is 4.60. The van der Waals surface area contributed by atoms with Crippen LogP contribution in [0.4, 0.5) is 0 Å². The van der Waals surface area contributed by atoms with Gasteiger partial charge in [0, 0.05) is 24.2 Å². The molecule has 2 nitrogen and oxygen atoms in total. The molecule has 20 heavy (non-hydrogen) atoms. The first-order valence-electron chi connectivity index (χ1n) is 7.94. The molecule has 0 spiro atoms. The largest absolute Gasteiger partial charge is 0.313 e. The third kappa shape index (κ3) is 4.21. The Kier molecular flexibility index (Phi) is 6.34. The Morgan fingerprint density at radius 2 is 1.95 bits per heavy atom. The topological polar surface area (TPSA) is 15.3 Å². The van der Waals surface area contributed by atoms with Gasteiger partial charge >= 0.3 is 0 Å². The number of nitrogens with zero attached hydrogens (tertiary/aromatic N) is 1. The summed E-state index contributed by atoms with van der Waals surface area (Å²) in [7, 11) is 0. The van der Waals surface area contributed by atoms with E-state index in [2.05, 4.69) is 36.2 Å². The van der Waals surface area contributed by atoms with Crippen molar-refractivity contribution in [1.82, 2.24) is 10.2 Å². The van der Waals surface area contributed by atoms with Gasteiger partial charge in [0.2, 0.25) is 0 Å². The molecule has 1 aliphatic carbocycles. The van der Waals surface area contributed by atoms with Gasteiger partial charge in [-0.15, -0.1) is 0 Å². The molecule has 0 radical (unpaired) electrons. The molecule has 3 heteroatoms. The molecule has 1 N–H and O–H groups in total. The van der Waals surface area contributed by atoms with E-state index in [4.69, 9.17) is 11.6 Å². The SMILES string of the molecule is CCCN(CC)CCNC1CC(c2ccccc2Cl)C1. The number of halogens is 1. The van der Waals surface area contributed by atoms with E-state index in [1.807, 2.05) is 12.1 Å². The lowest BCUT2D eigenvalue weighted by Gasteiger charge is -2.37. The Labute approximate surface area is 128 Å². The van der Waals surface area contributed by atoms with E-state index in [9.17, 15) is 0 Å². The first-order chi connectivity index (χ1) is 9.74. The standard InChI is InChI=1S/C17H27ClN2/c1-3-10-20(4-2)11-9-19-15-12-14(13-15)16-7-5-6-8-17(16)18/h5-8,14-15,19H,3-4,9-13H2,1-2H3. The fourth-order valence-electron chi connectivity index (χ4n) is 3.02. The average Bonchev–Trinajstić information content (AvgIpc) is 2.41. The number of likely N-dealkylation sites (N-methyl/N-ethyl adjacent to an activating group) is 1. The Morgan fingerprint density at radius 3 is 2.60 bits per heavy atom. The fourth-order valence-corrected chi connectivity index (χ4v) is 3.31. The molecule has 1 aliphatic rings. The van der Waals surface area contributed by atoms with Gasteiger partial charge in [0.15, 0.2) is 0 Å². The van der Waals surface area contributed by atoms with Crippen molar-refractivity contribution in [2.75, 3.05) is 26.2 Å². The molecular formula is C17H27ClN2. The summed E-state index contributed by atoms with van der Waals surface area (Å²) in [6.45, 7) is 9.13. The molecule has 0 aromatic heterocycles. The molecule has 0 amide bonds. The highest BCUT2D eigenvalue weighted by atomic mass is 35.5. The second-order valence-corrected chi connectivity index (χ2v) is 6.18. The average molecular weight is 295 g/mol. The highest BCUT2D eigenvalue weighted by Gasteiger charge is 2.30. The van der Waals surface area contributed by atoms with E-state index < -0.39 is 0 Å². The minimum Gasteiger partial charge on any atom is -0.313 e. The molecule has 0 heterocycles. The minimum atomic E-state index is 0.652. The maximum absolute atomic E-state index is 6.25. The van der Waals surface area contributed by atoms with Crippen LogP contribution in [0.1, 0.15) is 44.6 Å². The van der Waals surface area contributed by atoms with E-state index in [0.29, 0.717) is 12.0 Å². The van der Waals surface area contributed by atoms with Crippen LogP contribution in [0.2, 0.25) is 5.02 Å². The van der Waals surface area contributed by atoms with Gasteiger partial charge in [-0.1, -0.05) is 43.6 Å². The monoisotopic (exact) mass is 294 g/mol. The number of hydrogen-bond acceptors (Lipinski definition) is 2. The number of hydrogen-bond donors (Lipinski definition) is 1. The molecule has 0 bridgehead atoms. The van der Waals surface area contributed by atoms with Gasteiger partial charge < -0.3 is 10.2 Å². The van der Waals surface area contributed by atoms with Crippen LogP contribution in [-0.2, 0) is 0 Å². The first kappa shape index (κ1) is 15.8. The van der Waals surface area contributed by atoms with E-state index in [-0.39, 0.29) is 0 Å². The van der Waals surface area contributed by atoms with Crippen molar-refractivity contribution in [2.45, 2.75) is 45.1 Å². The molecule has 0 atom stereocenters. The Balaban J connectivity index is 1.66. The van der Waals surface area contributed by atoms with E-state index in [0.717, 1.165) is 24.7 Å². The Hall–Kier alpha value is -0.570. The van der Waals surface area contributed by atoms with Crippen molar-refractivity contribution in [3.05, 3.63) is 34.9 Å². The second kappa shape index (κ2) is 8.02. The maximum Gasteiger partial charge on any atom is 0.0440 e. The molecule has 0 aliphatic heterocycles. The molecular weight excluding hydrogens is 268 g/mol. The van der Waals surface area contributed by atoms with Crippen LogP contribution in [0, 0.1) is 0 Å². The van der Waals surface area contributed by atoms with Crippen LogP contribution in [0.5, 0.6) is 0 Å². The molecule has 1 fully saturated rings. The van der Waals surface area contributed by atoms with Crippen molar-refractivity contribution >= 4 is 11.6 Å². The quantitative estimate of drug-likeness (QED) is 0.782. The summed E-state index contributed by atoms with van der Waals surface area (Å²) in [6, 6.07) is 8.95. The van der Waals surface area contributed by atoms with Gasteiger partial charge in [0.1, 0.15) is 0 Å². The lowest BCUT2D eigenvalue weighted by molar-refractivity contribution is 0.250. The highest BCUT2D eigenvalue weighted by Crippen LogP contribution is 2.39. The molecule has 112 valence electrons. The second-order valence-electron chi connectivity index (χ2n) is 5.78. The van der Waals surface area contributed by atoms with Gasteiger partial charge in [-0.25, -0.2) is 0 Å². The minimum absolute atomic E-state index is 0.652. The van der Waals surface area contributed by atoms with Crippen LogP contribution in [0.3, 0.4) is 0 Å². The van der Waals surface area contributed by atoms with Crippen LogP contribution in [0.15, 0.2) is 24.3 Å². The van der Waals surface area contributed by atoms with E-state index >= 15 is 0 Å². The summed E-state index contributed by atoms with van der Waals surface area (Å²) in [5.41, 5.74) is 1.33. The summed E-state index contributed by atoms with van der Waals surface area (Å²) in [6.07, 6.45) is 3.69. The molecule has 1 saturated carbocycles. The van der Waals surface area contributed by atoms with Crippen LogP contribution >= 0.6 is 11.6 Å². The van der Waals surface area contributed by atoms with Gasteiger partial charge in [0.05, 0.1) is 0 Å². The van der Waals surface area contributed by atoms with E-state index in [1.54, 1.807) is 0 Å². The van der Waals surface area contributed by atoms with Crippen molar-refractivity contribution in [1.29, 1.82) is 0 Å². The van der Waals surface area contributed by atoms with Gasteiger partial charge in [0.25, 0.3) is 0 Å². The van der Waals surface area contributed by atoms with Gasteiger partial charge in [-0.2, -0.15) is 0 Å². The lowest BCUT2D eigenvalue weighted by atomic mass is 9.76. The van der Waals surface area contributed by atoms with Crippen molar-refractivity contribution in [2.24, 2.45) is 0 Å². The van der Waals surface area contributed by atoms with Gasteiger partial charge in [-0.05, 0) is 49.9 Å². The lowest BCUT2D eigenvalue weighted by Crippen LogP contribution is -2.43. The smallest absolute Gasteiger partial charge is 0.0440 e. The number of benzene rings is 1. The summed E-state index contributed by atoms with van der Waals surface area (Å²) >= 11 is 6.25. The number of rotatable bonds is 8. The van der Waals surface area contributed by atoms with Crippen molar-refractivity contribution in [3.8, 4) is 0 Å². The maximum atomic E-state index is 6.25. The zero-order chi connectivity index (χ0) is 14.4. The zero-order valence-electron chi connectivity index (χ0n) is 12.7. The predicted octanol–water partition coefficient (Wildman–Crippen LogP) is 3.91. The van der Waals surface area contributed by atoms with Crippen molar-refractivity contribution < 1.29 is 0 Å². The first-order valence-corrected chi connectivity index (χ1v) is 8.32. The summed E-state index contributed by atoms with van der Waals surface area (Å²) in [4.78, 5) is 2.51. The molecule has 1 aromatic carbocycles. The third-order valence-corrected chi connectivity index (χ3v) is 4.68. The Bertz CT molecular complexity index is 402. The normalized spacial score (nSPS) is 22.0. The van der Waals surface area contributed by atoms with Crippen LogP contribution in [0.25, 0.3) is 0 Å². The summed E-state index contributed by atoms with van der Waals surface area (Å²) in [5.74, 6) is 0.652. The molecule has 2 rings (SSSR count). The third-order valence-electron chi connectivity index (χ3n) is 4.33. The Morgan fingerprint density at radius 1 is 1.20 bits per heavy atom. The summed E-state index contributed by atoms with van der Waals surface area (Å²) < 4.78 is 0. The zero-order valence-corrected chi connectivity index (χ0v) is 13.5. The van der Waals surface area contributed by atoms with Crippen LogP contribution in [-0.4, -0.2) is 37.1 Å². The molecule has 0 unspecified atom stereocenters. The molecule has 0 saturated heterocycles. The van der Waals surface area contributed by atoms with Crippen molar-refractivity contribution in [3.63, 3.8) is 0 Å². The predicted molar refractivity (Wildman–Crippen MR) is 87.6 cm³/mol. The highest BCUT2D eigenvalue weighted by molar-refractivity contribution is 6.31. The van der Waals surface area contributed by atoms with Crippen LogP contribution < -0.4 is 5.32 Å². The van der Waals surface area contributed by atoms with E-state index in [1.165, 1.54) is 31.4 Å².